The van der Waals surface area contributed by atoms with E-state index in [-0.39, 0.29) is 23.6 Å². The number of H-pyrrole nitrogens is 2. The molecule has 4 heterocycles. The number of benzene rings is 1. The van der Waals surface area contributed by atoms with E-state index in [2.05, 4.69) is 20.4 Å². The second-order valence-corrected chi connectivity index (χ2v) is 9.81. The normalized spacial score (nSPS) is 15.2. The number of rotatable bonds is 7. The lowest BCUT2D eigenvalue weighted by Crippen LogP contribution is -2.42. The molecule has 1 unspecified atom stereocenters. The molecule has 0 aliphatic heterocycles. The minimum absolute atomic E-state index is 0.0487. The van der Waals surface area contributed by atoms with Crippen molar-refractivity contribution < 1.29 is 19.1 Å². The van der Waals surface area contributed by atoms with E-state index in [1.54, 1.807) is 18.4 Å². The van der Waals surface area contributed by atoms with Gasteiger partial charge in [-0.2, -0.15) is 9.61 Å². The molecule has 4 aromatic heterocycles. The predicted molar refractivity (Wildman–Crippen MR) is 140 cm³/mol. The Hall–Kier alpha value is -4.60. The topological polar surface area (TPSA) is 145 Å². The summed E-state index contributed by atoms with van der Waals surface area (Å²) in [4.78, 5) is 45.2. The van der Waals surface area contributed by atoms with Crippen LogP contribution < -0.4 is 10.9 Å². The first-order valence-corrected chi connectivity index (χ1v) is 12.8. The number of nitrogens with zero attached hydrogens (tertiary/aromatic N) is 2. The van der Waals surface area contributed by atoms with Gasteiger partial charge in [0.05, 0.1) is 12.0 Å². The number of aromatic nitrogens is 4. The van der Waals surface area contributed by atoms with Crippen LogP contribution in [-0.4, -0.2) is 42.6 Å². The fraction of sp³-hybridized carbons (Fsp3) is 0.286. The van der Waals surface area contributed by atoms with Gasteiger partial charge in [0.2, 0.25) is 0 Å². The molecule has 1 amide bonds. The van der Waals surface area contributed by atoms with Crippen LogP contribution in [0.4, 0.5) is 0 Å². The first-order valence-electron chi connectivity index (χ1n) is 12.8. The fourth-order valence-electron chi connectivity index (χ4n) is 5.43. The molecule has 0 bridgehead atoms. The Bertz CT molecular complexity index is 1650. The highest BCUT2D eigenvalue weighted by Gasteiger charge is 2.28. The monoisotopic (exact) mass is 513 g/mol. The molecule has 4 N–H and O–H groups in total. The van der Waals surface area contributed by atoms with Crippen molar-refractivity contribution in [3.8, 4) is 11.5 Å². The van der Waals surface area contributed by atoms with Crippen molar-refractivity contribution >= 4 is 28.4 Å². The van der Waals surface area contributed by atoms with Crippen LogP contribution in [0.15, 0.2) is 64.0 Å². The van der Waals surface area contributed by atoms with E-state index < -0.39 is 17.9 Å². The average Bonchev–Trinajstić information content (AvgIpc) is 3.68. The molecule has 1 atom stereocenters. The Morgan fingerprint density at radius 1 is 1.11 bits per heavy atom. The molecular weight excluding hydrogens is 486 g/mol. The Kier molecular flexibility index (Phi) is 6.07. The van der Waals surface area contributed by atoms with Crippen LogP contribution in [0.5, 0.6) is 0 Å². The smallest absolute Gasteiger partial charge is 0.326 e. The molecule has 1 aliphatic carbocycles. The third-order valence-electron chi connectivity index (χ3n) is 7.28. The number of para-hydroxylation sites is 1. The second-order valence-electron chi connectivity index (χ2n) is 9.81. The number of hydrogen-bond acceptors (Lipinski definition) is 5. The van der Waals surface area contributed by atoms with E-state index >= 15 is 0 Å². The lowest BCUT2D eigenvalue weighted by Gasteiger charge is -2.23. The van der Waals surface area contributed by atoms with Crippen LogP contribution >= 0.6 is 0 Å². The van der Waals surface area contributed by atoms with E-state index in [0.29, 0.717) is 28.4 Å². The molecule has 0 spiro atoms. The summed E-state index contributed by atoms with van der Waals surface area (Å²) in [6, 6.07) is 13.3. The maximum atomic E-state index is 13.6. The van der Waals surface area contributed by atoms with Gasteiger partial charge in [-0.25, -0.2) is 4.79 Å². The second kappa shape index (κ2) is 9.70. The Morgan fingerprint density at radius 2 is 1.92 bits per heavy atom. The lowest BCUT2D eigenvalue weighted by molar-refractivity contribution is -0.139. The Labute approximate surface area is 216 Å². The molecule has 10 heteroatoms. The quantitative estimate of drug-likeness (QED) is 0.256. The van der Waals surface area contributed by atoms with Gasteiger partial charge in [0, 0.05) is 29.3 Å². The van der Waals surface area contributed by atoms with Crippen LogP contribution in [0.3, 0.4) is 0 Å². The first kappa shape index (κ1) is 23.8. The van der Waals surface area contributed by atoms with Crippen molar-refractivity contribution in [1.82, 2.24) is 24.9 Å². The average molecular weight is 514 g/mol. The number of carboxylic acid groups (broad SMARTS) is 1. The summed E-state index contributed by atoms with van der Waals surface area (Å²) in [6.45, 7) is 0. The summed E-state index contributed by atoms with van der Waals surface area (Å²) >= 11 is 0. The van der Waals surface area contributed by atoms with E-state index in [0.717, 1.165) is 43.0 Å². The highest BCUT2D eigenvalue weighted by atomic mass is 16.4. The van der Waals surface area contributed by atoms with Gasteiger partial charge in [-0.3, -0.25) is 9.59 Å². The highest BCUT2D eigenvalue weighted by molar-refractivity contribution is 5.96. The zero-order chi connectivity index (χ0) is 26.2. The number of amides is 1. The molecule has 1 saturated carbocycles. The lowest BCUT2D eigenvalue weighted by atomic mass is 9.83. The highest BCUT2D eigenvalue weighted by Crippen LogP contribution is 2.35. The Balaban J connectivity index is 1.32. The summed E-state index contributed by atoms with van der Waals surface area (Å²) in [7, 11) is 0. The van der Waals surface area contributed by atoms with Gasteiger partial charge in [0.15, 0.2) is 11.5 Å². The van der Waals surface area contributed by atoms with Crippen LogP contribution in [-0.2, 0) is 11.2 Å². The van der Waals surface area contributed by atoms with E-state index in [9.17, 15) is 19.5 Å². The molecule has 10 nitrogen and oxygen atoms in total. The number of carboxylic acids is 1. The SMILES string of the molecule is O=C(NC(Cc1cc2ccccc2[nH]1)C(=O)O)c1cc2[nH]c(-c3ccco3)c(C3CCCCC3)c(=O)n2n1. The predicted octanol–water partition coefficient (Wildman–Crippen LogP) is 4.24. The standard InChI is InChI=1S/C28H27N5O5/c34-26(30-21(28(36)37)14-18-13-17-9-4-5-10-19(17)29-18)20-15-23-31-25(22-11-6-12-38-22)24(27(35)33(23)32-20)16-7-2-1-3-8-16/h4-6,9-13,15-16,21,29,31H,1-3,7-8,14H2,(H,30,34)(H,36,37). The van der Waals surface area contributed by atoms with E-state index in [1.807, 2.05) is 30.3 Å². The maximum Gasteiger partial charge on any atom is 0.326 e. The molecule has 194 valence electrons. The number of carbonyl (C=O) groups excluding carboxylic acids is 1. The number of hydrogen-bond donors (Lipinski definition) is 4. The van der Waals surface area contributed by atoms with Crippen LogP contribution in [0.25, 0.3) is 28.0 Å². The number of aromatic amines is 2. The maximum absolute atomic E-state index is 13.6. The molecule has 0 radical (unpaired) electrons. The van der Waals surface area contributed by atoms with Gasteiger partial charge in [-0.1, -0.05) is 37.5 Å². The number of nitrogens with one attached hydrogen (secondary N) is 3. The van der Waals surface area contributed by atoms with Gasteiger partial charge in [-0.05, 0) is 48.4 Å². The summed E-state index contributed by atoms with van der Waals surface area (Å²) in [5, 5.41) is 17.6. The van der Waals surface area contributed by atoms with Crippen molar-refractivity contribution in [3.05, 3.63) is 82.1 Å². The number of aliphatic carboxylic acids is 1. The van der Waals surface area contributed by atoms with Crippen LogP contribution in [0.1, 0.15) is 59.8 Å². The molecular formula is C28H27N5O5. The fourth-order valence-corrected chi connectivity index (χ4v) is 5.43. The molecule has 1 aromatic carbocycles. The van der Waals surface area contributed by atoms with Gasteiger partial charge in [0.1, 0.15) is 11.7 Å². The number of carbonyl (C=O) groups is 2. The van der Waals surface area contributed by atoms with Gasteiger partial charge >= 0.3 is 5.97 Å². The summed E-state index contributed by atoms with van der Waals surface area (Å²) in [6.07, 6.45) is 6.63. The van der Waals surface area contributed by atoms with Crippen molar-refractivity contribution in [1.29, 1.82) is 0 Å². The zero-order valence-corrected chi connectivity index (χ0v) is 20.6. The largest absolute Gasteiger partial charge is 0.480 e. The van der Waals surface area contributed by atoms with Crippen molar-refractivity contribution in [2.75, 3.05) is 0 Å². The third-order valence-corrected chi connectivity index (χ3v) is 7.28. The van der Waals surface area contributed by atoms with Gasteiger partial charge in [0.25, 0.3) is 11.5 Å². The van der Waals surface area contributed by atoms with Crippen LogP contribution in [0.2, 0.25) is 0 Å². The van der Waals surface area contributed by atoms with Crippen molar-refractivity contribution in [2.45, 2.75) is 50.5 Å². The van der Waals surface area contributed by atoms with Gasteiger partial charge < -0.3 is 24.8 Å². The van der Waals surface area contributed by atoms with Gasteiger partial charge in [-0.15, -0.1) is 0 Å². The summed E-state index contributed by atoms with van der Waals surface area (Å²) in [5.41, 5.74) is 2.74. The van der Waals surface area contributed by atoms with Crippen molar-refractivity contribution in [3.63, 3.8) is 0 Å². The Morgan fingerprint density at radius 3 is 2.66 bits per heavy atom. The van der Waals surface area contributed by atoms with E-state index in [4.69, 9.17) is 4.42 Å². The minimum Gasteiger partial charge on any atom is -0.480 e. The van der Waals surface area contributed by atoms with Crippen molar-refractivity contribution in [2.24, 2.45) is 0 Å². The molecule has 0 saturated heterocycles. The molecule has 5 aromatic rings. The third kappa shape index (κ3) is 4.38. The number of fused-ring (bicyclic) bond motifs is 2. The molecule has 1 fully saturated rings. The summed E-state index contributed by atoms with van der Waals surface area (Å²) < 4.78 is 6.81. The minimum atomic E-state index is -1.19. The van der Waals surface area contributed by atoms with Crippen LogP contribution in [0, 0.1) is 0 Å². The number of furan rings is 1. The zero-order valence-electron chi connectivity index (χ0n) is 20.6. The molecule has 6 rings (SSSR count). The summed E-state index contributed by atoms with van der Waals surface area (Å²) in [5.74, 6) is -1.24. The van der Waals surface area contributed by atoms with E-state index in [1.165, 1.54) is 10.6 Å². The molecule has 38 heavy (non-hydrogen) atoms. The molecule has 1 aliphatic rings. The first-order chi connectivity index (χ1) is 18.5.